The topological polar surface area (TPSA) is 88.7 Å². The second-order valence-electron chi connectivity index (χ2n) is 4.59. The van der Waals surface area contributed by atoms with E-state index >= 15 is 0 Å². The van der Waals surface area contributed by atoms with Gasteiger partial charge in [-0.25, -0.2) is 4.98 Å². The number of aromatic amines is 1. The lowest BCUT2D eigenvalue weighted by atomic mass is 10.3. The van der Waals surface area contributed by atoms with Gasteiger partial charge in [-0.2, -0.15) is 5.10 Å². The van der Waals surface area contributed by atoms with Crippen LogP contribution in [0.1, 0.15) is 21.2 Å². The van der Waals surface area contributed by atoms with Crippen LogP contribution < -0.4 is 5.32 Å². The predicted octanol–water partition coefficient (Wildman–Crippen LogP) is 2.43. The summed E-state index contributed by atoms with van der Waals surface area (Å²) in [5.74, 6) is 1.06. The van der Waals surface area contributed by atoms with E-state index in [2.05, 4.69) is 20.5 Å². The van der Waals surface area contributed by atoms with Gasteiger partial charge < -0.3 is 14.3 Å². The summed E-state index contributed by atoms with van der Waals surface area (Å²) in [4.78, 5) is 17.5. The molecule has 0 unspecified atom stereocenters. The number of amides is 1. The van der Waals surface area contributed by atoms with E-state index in [0.717, 1.165) is 4.88 Å². The number of carbonyl (C=O) groups excluding carboxylic acids is 1. The predicted molar refractivity (Wildman–Crippen MR) is 84.1 cm³/mol. The van der Waals surface area contributed by atoms with E-state index in [1.54, 1.807) is 23.9 Å². The Hall–Kier alpha value is -2.26. The van der Waals surface area contributed by atoms with Crippen LogP contribution in [0.5, 0.6) is 0 Å². The molecule has 0 saturated heterocycles. The molecule has 0 aliphatic heterocycles. The molecule has 7 nitrogen and oxygen atoms in total. The van der Waals surface area contributed by atoms with Crippen molar-refractivity contribution in [2.45, 2.75) is 13.5 Å². The van der Waals surface area contributed by atoms with Gasteiger partial charge in [-0.15, -0.1) is 11.3 Å². The van der Waals surface area contributed by atoms with Crippen molar-refractivity contribution in [3.05, 3.63) is 39.6 Å². The maximum absolute atomic E-state index is 12.3. The van der Waals surface area contributed by atoms with Crippen molar-refractivity contribution in [1.82, 2.24) is 25.1 Å². The van der Waals surface area contributed by atoms with Gasteiger partial charge in [0.25, 0.3) is 5.91 Å². The first-order chi connectivity index (χ1) is 10.6. The van der Waals surface area contributed by atoms with E-state index in [9.17, 15) is 4.79 Å². The van der Waals surface area contributed by atoms with Crippen molar-refractivity contribution in [2.75, 3.05) is 0 Å². The SMILES string of the molecule is Cc1sc(-c2ccco2)nc1C(=O)NCc1n[nH]c(=S)n1C. The highest BCUT2D eigenvalue weighted by Gasteiger charge is 2.17. The smallest absolute Gasteiger partial charge is 0.271 e. The average molecular weight is 335 g/mol. The van der Waals surface area contributed by atoms with Gasteiger partial charge >= 0.3 is 0 Å². The molecular weight excluding hydrogens is 322 g/mol. The molecule has 3 aromatic rings. The largest absolute Gasteiger partial charge is 0.462 e. The van der Waals surface area contributed by atoms with E-state index in [0.29, 0.717) is 27.1 Å². The molecule has 22 heavy (non-hydrogen) atoms. The molecule has 0 radical (unpaired) electrons. The second-order valence-corrected chi connectivity index (χ2v) is 6.18. The van der Waals surface area contributed by atoms with Gasteiger partial charge in [-0.1, -0.05) is 0 Å². The maximum atomic E-state index is 12.3. The number of rotatable bonds is 4. The van der Waals surface area contributed by atoms with Gasteiger partial charge in [-0.3, -0.25) is 9.89 Å². The highest BCUT2D eigenvalue weighted by atomic mass is 32.1. The third kappa shape index (κ3) is 2.72. The fraction of sp³-hybridized carbons (Fsp3) is 0.231. The lowest BCUT2D eigenvalue weighted by Crippen LogP contribution is -2.25. The molecule has 0 aliphatic rings. The molecule has 3 heterocycles. The van der Waals surface area contributed by atoms with Crippen molar-refractivity contribution in [3.63, 3.8) is 0 Å². The summed E-state index contributed by atoms with van der Waals surface area (Å²) >= 11 is 6.45. The third-order valence-corrected chi connectivity index (χ3v) is 4.47. The number of hydrogen-bond donors (Lipinski definition) is 2. The number of thiazole rings is 1. The monoisotopic (exact) mass is 335 g/mol. The molecule has 3 rings (SSSR count). The van der Waals surface area contributed by atoms with Crippen LogP contribution >= 0.6 is 23.6 Å². The minimum atomic E-state index is -0.250. The van der Waals surface area contributed by atoms with Crippen molar-refractivity contribution in [2.24, 2.45) is 7.05 Å². The number of furan rings is 1. The summed E-state index contributed by atoms with van der Waals surface area (Å²) < 4.78 is 7.52. The zero-order chi connectivity index (χ0) is 15.7. The number of nitrogens with zero attached hydrogens (tertiary/aromatic N) is 3. The molecule has 0 fully saturated rings. The lowest BCUT2D eigenvalue weighted by molar-refractivity contribution is 0.0944. The summed E-state index contributed by atoms with van der Waals surface area (Å²) in [6, 6.07) is 3.60. The molecule has 114 valence electrons. The normalized spacial score (nSPS) is 10.8. The summed E-state index contributed by atoms with van der Waals surface area (Å²) in [6.45, 7) is 2.13. The van der Waals surface area contributed by atoms with Gasteiger partial charge in [-0.05, 0) is 31.3 Å². The Morgan fingerprint density at radius 2 is 2.41 bits per heavy atom. The standard InChI is InChI=1S/C13H13N5O2S2/c1-7-10(15-12(22-7)8-4-3-5-20-8)11(19)14-6-9-16-17-13(21)18(9)2/h3-5H,6H2,1-2H3,(H,14,19)(H,17,21). The quantitative estimate of drug-likeness (QED) is 0.715. The van der Waals surface area contributed by atoms with Gasteiger partial charge in [0.15, 0.2) is 21.4 Å². The molecule has 0 aromatic carbocycles. The number of aromatic nitrogens is 4. The Bertz CT molecular complexity index is 860. The Labute approximate surface area is 135 Å². The van der Waals surface area contributed by atoms with E-state index in [1.807, 2.05) is 13.0 Å². The maximum Gasteiger partial charge on any atom is 0.271 e. The van der Waals surface area contributed by atoms with Gasteiger partial charge in [0.1, 0.15) is 5.69 Å². The molecule has 9 heteroatoms. The van der Waals surface area contributed by atoms with Crippen LogP contribution in [0.3, 0.4) is 0 Å². The molecule has 0 aliphatic carbocycles. The molecule has 0 bridgehead atoms. The second kappa shape index (κ2) is 5.85. The van der Waals surface area contributed by atoms with Gasteiger partial charge in [0.05, 0.1) is 12.8 Å². The number of hydrogen-bond acceptors (Lipinski definition) is 6. The first-order valence-corrected chi connectivity index (χ1v) is 7.68. The Balaban J connectivity index is 1.75. The molecule has 0 saturated carbocycles. The molecule has 2 N–H and O–H groups in total. The molecule has 0 spiro atoms. The summed E-state index contributed by atoms with van der Waals surface area (Å²) in [6.07, 6.45) is 1.58. The minimum Gasteiger partial charge on any atom is -0.462 e. The van der Waals surface area contributed by atoms with Gasteiger partial charge in [0.2, 0.25) is 0 Å². The van der Waals surface area contributed by atoms with Crippen LogP contribution in [0.15, 0.2) is 22.8 Å². The molecule has 0 atom stereocenters. The van der Waals surface area contributed by atoms with E-state index in [-0.39, 0.29) is 12.5 Å². The zero-order valence-electron chi connectivity index (χ0n) is 11.9. The molecular formula is C13H13N5O2S2. The van der Waals surface area contributed by atoms with Crippen LogP contribution in [0.25, 0.3) is 10.8 Å². The van der Waals surface area contributed by atoms with Crippen LogP contribution in [0, 0.1) is 11.7 Å². The lowest BCUT2D eigenvalue weighted by Gasteiger charge is -2.03. The summed E-state index contributed by atoms with van der Waals surface area (Å²) in [5.41, 5.74) is 0.396. The van der Waals surface area contributed by atoms with Crippen molar-refractivity contribution in [1.29, 1.82) is 0 Å². The van der Waals surface area contributed by atoms with E-state index in [1.165, 1.54) is 11.3 Å². The van der Waals surface area contributed by atoms with Crippen LogP contribution in [-0.4, -0.2) is 25.7 Å². The average Bonchev–Trinajstić information content (AvgIpc) is 3.20. The van der Waals surface area contributed by atoms with Crippen LogP contribution in [0.2, 0.25) is 0 Å². The van der Waals surface area contributed by atoms with Crippen LogP contribution in [0.4, 0.5) is 0 Å². The molecule has 1 amide bonds. The van der Waals surface area contributed by atoms with Crippen molar-refractivity contribution < 1.29 is 9.21 Å². The number of aryl methyl sites for hydroxylation is 1. The van der Waals surface area contributed by atoms with Gasteiger partial charge in [0, 0.05) is 11.9 Å². The van der Waals surface area contributed by atoms with E-state index < -0.39 is 0 Å². The fourth-order valence-electron chi connectivity index (χ4n) is 1.89. The van der Waals surface area contributed by atoms with E-state index in [4.69, 9.17) is 16.6 Å². The zero-order valence-corrected chi connectivity index (χ0v) is 13.5. The third-order valence-electron chi connectivity index (χ3n) is 3.12. The fourth-order valence-corrected chi connectivity index (χ4v) is 2.92. The highest BCUT2D eigenvalue weighted by Crippen LogP contribution is 2.27. The Morgan fingerprint density at radius 3 is 3.05 bits per heavy atom. The summed E-state index contributed by atoms with van der Waals surface area (Å²) in [5, 5.41) is 10.2. The first kappa shape index (κ1) is 14.7. The first-order valence-electron chi connectivity index (χ1n) is 6.46. The number of carbonyl (C=O) groups is 1. The Morgan fingerprint density at radius 1 is 1.59 bits per heavy atom. The minimum absolute atomic E-state index is 0.250. The number of nitrogens with one attached hydrogen (secondary N) is 2. The van der Waals surface area contributed by atoms with Crippen molar-refractivity contribution in [3.8, 4) is 10.8 Å². The summed E-state index contributed by atoms with van der Waals surface area (Å²) in [7, 11) is 1.79. The van der Waals surface area contributed by atoms with Crippen molar-refractivity contribution >= 4 is 29.5 Å². The highest BCUT2D eigenvalue weighted by molar-refractivity contribution is 7.71. The van der Waals surface area contributed by atoms with Crippen LogP contribution in [-0.2, 0) is 13.6 Å². The number of H-pyrrole nitrogens is 1. The Kier molecular flexibility index (Phi) is 3.90. The molecule has 3 aromatic heterocycles.